The topological polar surface area (TPSA) is 16.1 Å². The minimum Gasteiger partial charge on any atom is -0.371 e. The first-order valence-electron chi connectivity index (χ1n) is 6.99. The first-order valence-corrected chi connectivity index (χ1v) is 7.53. The highest BCUT2D eigenvalue weighted by atomic mass is 35.5. The van der Waals surface area contributed by atoms with Gasteiger partial charge in [0.05, 0.1) is 17.1 Å². The van der Waals surface area contributed by atoms with Gasteiger partial charge >= 0.3 is 0 Å². The molecule has 0 unspecified atom stereocenters. The number of nitrogens with zero attached hydrogens (tertiary/aromatic N) is 2. The third-order valence-electron chi connectivity index (χ3n) is 3.21. The van der Waals surface area contributed by atoms with Gasteiger partial charge in [0.15, 0.2) is 0 Å². The molecule has 0 spiro atoms. The van der Waals surface area contributed by atoms with E-state index in [0.717, 1.165) is 37.1 Å². The van der Waals surface area contributed by atoms with Crippen molar-refractivity contribution in [2.45, 2.75) is 32.6 Å². The summed E-state index contributed by atoms with van der Waals surface area (Å²) in [5.74, 6) is 0.462. The minimum atomic E-state index is 0.462. The van der Waals surface area contributed by atoms with Crippen LogP contribution in [0.5, 0.6) is 0 Å². The lowest BCUT2D eigenvalue weighted by atomic mass is 10.1. The Balaban J connectivity index is 2.54. The molecule has 1 heterocycles. The van der Waals surface area contributed by atoms with Gasteiger partial charge in [-0.2, -0.15) is 0 Å². The van der Waals surface area contributed by atoms with E-state index in [0.29, 0.717) is 5.88 Å². The van der Waals surface area contributed by atoms with Crippen LogP contribution in [0.2, 0.25) is 0 Å². The van der Waals surface area contributed by atoms with Crippen LogP contribution < -0.4 is 4.90 Å². The van der Waals surface area contributed by atoms with Crippen molar-refractivity contribution in [1.29, 1.82) is 0 Å². The number of hydrogen-bond donors (Lipinski definition) is 0. The average molecular weight is 277 g/mol. The van der Waals surface area contributed by atoms with E-state index in [9.17, 15) is 0 Å². The minimum absolute atomic E-state index is 0.462. The van der Waals surface area contributed by atoms with Gasteiger partial charge in [-0.25, -0.2) is 0 Å². The average Bonchev–Trinajstić information content (AvgIpc) is 2.46. The zero-order chi connectivity index (χ0) is 13.7. The van der Waals surface area contributed by atoms with Crippen LogP contribution in [0.3, 0.4) is 0 Å². The van der Waals surface area contributed by atoms with E-state index >= 15 is 0 Å². The molecule has 19 heavy (non-hydrogen) atoms. The zero-order valence-corrected chi connectivity index (χ0v) is 12.5. The van der Waals surface area contributed by atoms with Gasteiger partial charge in [-0.3, -0.25) is 4.98 Å². The number of aromatic nitrogens is 1. The number of pyridine rings is 1. The van der Waals surface area contributed by atoms with E-state index in [-0.39, 0.29) is 0 Å². The highest BCUT2D eigenvalue weighted by molar-refractivity contribution is 6.17. The maximum Gasteiger partial charge on any atom is 0.0726 e. The molecule has 0 fully saturated rings. The maximum absolute atomic E-state index is 5.98. The molecule has 1 aromatic heterocycles. The van der Waals surface area contributed by atoms with Gasteiger partial charge < -0.3 is 4.90 Å². The Kier molecular flexibility index (Phi) is 5.03. The van der Waals surface area contributed by atoms with Crippen molar-refractivity contribution in [3.8, 4) is 0 Å². The molecule has 0 bridgehead atoms. The van der Waals surface area contributed by atoms with E-state index < -0.39 is 0 Å². The van der Waals surface area contributed by atoms with Crippen molar-refractivity contribution >= 4 is 28.2 Å². The SMILES string of the molecule is CCCN(CCC)c1cc(CCl)nc2ccccc12. The largest absolute Gasteiger partial charge is 0.371 e. The Morgan fingerprint density at radius 1 is 1.11 bits per heavy atom. The molecule has 0 atom stereocenters. The molecule has 0 aliphatic rings. The number of halogens is 1. The van der Waals surface area contributed by atoms with Crippen LogP contribution in [0, 0.1) is 0 Å². The second kappa shape index (κ2) is 6.76. The van der Waals surface area contributed by atoms with Crippen molar-refractivity contribution in [2.24, 2.45) is 0 Å². The molecular formula is C16H21ClN2. The second-order valence-corrected chi connectivity index (χ2v) is 5.04. The predicted octanol–water partition coefficient (Wildman–Crippen LogP) is 4.60. The summed E-state index contributed by atoms with van der Waals surface area (Å²) in [7, 11) is 0. The Morgan fingerprint density at radius 2 is 1.79 bits per heavy atom. The Morgan fingerprint density at radius 3 is 2.42 bits per heavy atom. The van der Waals surface area contributed by atoms with Crippen molar-refractivity contribution in [3.63, 3.8) is 0 Å². The number of anilines is 1. The second-order valence-electron chi connectivity index (χ2n) is 4.77. The monoisotopic (exact) mass is 276 g/mol. The molecule has 0 radical (unpaired) electrons. The lowest BCUT2D eigenvalue weighted by Crippen LogP contribution is -2.25. The molecule has 0 aliphatic heterocycles. The highest BCUT2D eigenvalue weighted by Gasteiger charge is 2.11. The third-order valence-corrected chi connectivity index (χ3v) is 3.49. The zero-order valence-electron chi connectivity index (χ0n) is 11.7. The standard InChI is InChI=1S/C16H21ClN2/c1-3-9-19(10-4-2)16-11-13(12-17)18-15-8-6-5-7-14(15)16/h5-8,11H,3-4,9-10,12H2,1-2H3. The lowest BCUT2D eigenvalue weighted by molar-refractivity contribution is 0.746. The van der Waals surface area contributed by atoms with Crippen LogP contribution in [0.15, 0.2) is 30.3 Å². The molecule has 2 aromatic rings. The van der Waals surface area contributed by atoms with Gasteiger partial charge in [0.2, 0.25) is 0 Å². The van der Waals surface area contributed by atoms with Gasteiger partial charge in [0, 0.05) is 24.2 Å². The van der Waals surface area contributed by atoms with Crippen LogP contribution in [-0.2, 0) is 5.88 Å². The van der Waals surface area contributed by atoms with E-state index in [4.69, 9.17) is 11.6 Å². The summed E-state index contributed by atoms with van der Waals surface area (Å²) in [6.45, 7) is 6.58. The van der Waals surface area contributed by atoms with Crippen LogP contribution in [-0.4, -0.2) is 18.1 Å². The number of benzene rings is 1. The van der Waals surface area contributed by atoms with E-state index in [1.807, 2.05) is 6.07 Å². The fraction of sp³-hybridized carbons (Fsp3) is 0.438. The van der Waals surface area contributed by atoms with Crippen LogP contribution in [0.25, 0.3) is 10.9 Å². The third kappa shape index (κ3) is 3.19. The van der Waals surface area contributed by atoms with Crippen molar-refractivity contribution < 1.29 is 0 Å². The molecule has 1 aromatic carbocycles. The Bertz CT molecular complexity index is 533. The van der Waals surface area contributed by atoms with Gasteiger partial charge in [-0.15, -0.1) is 11.6 Å². The Labute approximate surface area is 120 Å². The quantitative estimate of drug-likeness (QED) is 0.717. The van der Waals surface area contributed by atoms with Crippen LogP contribution in [0.4, 0.5) is 5.69 Å². The first kappa shape index (κ1) is 14.1. The van der Waals surface area contributed by atoms with Crippen molar-refractivity contribution in [1.82, 2.24) is 4.98 Å². The number of fused-ring (bicyclic) bond motifs is 1. The number of rotatable bonds is 6. The molecule has 2 rings (SSSR count). The van der Waals surface area contributed by atoms with Gasteiger partial charge in [0.1, 0.15) is 0 Å². The number of para-hydroxylation sites is 1. The van der Waals surface area contributed by atoms with Gasteiger partial charge in [-0.05, 0) is 25.0 Å². The summed E-state index contributed by atoms with van der Waals surface area (Å²) < 4.78 is 0. The van der Waals surface area contributed by atoms with Crippen LogP contribution >= 0.6 is 11.6 Å². The summed E-state index contributed by atoms with van der Waals surface area (Å²) in [4.78, 5) is 7.04. The van der Waals surface area contributed by atoms with E-state index in [2.05, 4.69) is 48.0 Å². The van der Waals surface area contributed by atoms with E-state index in [1.54, 1.807) is 0 Å². The summed E-state index contributed by atoms with van der Waals surface area (Å²) in [6.07, 6.45) is 2.29. The van der Waals surface area contributed by atoms with Crippen molar-refractivity contribution in [3.05, 3.63) is 36.0 Å². The molecule has 3 heteroatoms. The smallest absolute Gasteiger partial charge is 0.0726 e. The number of hydrogen-bond acceptors (Lipinski definition) is 2. The molecule has 2 nitrogen and oxygen atoms in total. The first-order chi connectivity index (χ1) is 9.30. The van der Waals surface area contributed by atoms with E-state index in [1.165, 1.54) is 11.1 Å². The lowest BCUT2D eigenvalue weighted by Gasteiger charge is -2.25. The maximum atomic E-state index is 5.98. The Hall–Kier alpha value is -1.28. The van der Waals surface area contributed by atoms with Crippen LogP contribution in [0.1, 0.15) is 32.4 Å². The van der Waals surface area contributed by atoms with Gasteiger partial charge in [0.25, 0.3) is 0 Å². The molecule has 0 saturated carbocycles. The normalized spacial score (nSPS) is 10.9. The summed E-state index contributed by atoms with van der Waals surface area (Å²) >= 11 is 5.98. The fourth-order valence-electron chi connectivity index (χ4n) is 2.43. The molecule has 0 saturated heterocycles. The molecule has 0 aliphatic carbocycles. The summed E-state index contributed by atoms with van der Waals surface area (Å²) in [6, 6.07) is 10.4. The number of alkyl halides is 1. The summed E-state index contributed by atoms with van der Waals surface area (Å²) in [5.41, 5.74) is 3.25. The van der Waals surface area contributed by atoms with Gasteiger partial charge in [-0.1, -0.05) is 32.0 Å². The summed E-state index contributed by atoms with van der Waals surface area (Å²) in [5, 5.41) is 1.22. The predicted molar refractivity (Wildman–Crippen MR) is 84.1 cm³/mol. The highest BCUT2D eigenvalue weighted by Crippen LogP contribution is 2.27. The fourth-order valence-corrected chi connectivity index (χ4v) is 2.57. The molecule has 0 N–H and O–H groups in total. The molecular weight excluding hydrogens is 256 g/mol. The molecule has 102 valence electrons. The van der Waals surface area contributed by atoms with Crippen molar-refractivity contribution in [2.75, 3.05) is 18.0 Å². The molecule has 0 amide bonds.